The molecule has 0 aromatic heterocycles. The molecule has 2 N–H and O–H groups in total. The van der Waals surface area contributed by atoms with Crippen molar-refractivity contribution in [3.05, 3.63) is 59.7 Å². The van der Waals surface area contributed by atoms with Gasteiger partial charge in [-0.15, -0.1) is 0 Å². The first kappa shape index (κ1) is 18.9. The Morgan fingerprint density at radius 3 is 2.62 bits per heavy atom. The number of ether oxygens (including phenoxy) is 1. The Kier molecular flexibility index (Phi) is 4.65. The standard InChI is InChI=1S/C20H17F2N3O4/c21-18(22)29-14-7-5-13(6-8-14)23-16(26)11-25-17(27)20(24-19(25)28)10-9-12-3-1-2-4-15(12)20/h1-8,18H,9-11H2,(H,23,26)(H,24,28). The number of aryl methyl sites for hydroxylation is 1. The molecule has 2 aromatic rings. The zero-order valence-corrected chi connectivity index (χ0v) is 15.2. The molecule has 2 aromatic carbocycles. The minimum atomic E-state index is -2.94. The Balaban J connectivity index is 1.44. The van der Waals surface area contributed by atoms with Crippen molar-refractivity contribution in [3.63, 3.8) is 0 Å². The van der Waals surface area contributed by atoms with E-state index in [0.29, 0.717) is 18.5 Å². The number of urea groups is 1. The first-order chi connectivity index (χ1) is 13.9. The molecule has 4 amide bonds. The number of alkyl halides is 2. The van der Waals surface area contributed by atoms with Crippen LogP contribution in [0, 0.1) is 0 Å². The summed E-state index contributed by atoms with van der Waals surface area (Å²) in [6.45, 7) is -3.40. The third-order valence-electron chi connectivity index (χ3n) is 5.09. The number of carbonyl (C=O) groups is 3. The molecule has 0 saturated carbocycles. The van der Waals surface area contributed by atoms with Gasteiger partial charge in [0.1, 0.15) is 17.8 Å². The first-order valence-corrected chi connectivity index (χ1v) is 8.96. The van der Waals surface area contributed by atoms with E-state index in [-0.39, 0.29) is 5.75 Å². The number of nitrogens with one attached hydrogen (secondary N) is 2. The number of nitrogens with zero attached hydrogens (tertiary/aromatic N) is 1. The van der Waals surface area contributed by atoms with Crippen molar-refractivity contribution in [2.45, 2.75) is 25.0 Å². The predicted molar refractivity (Wildman–Crippen MR) is 98.4 cm³/mol. The smallest absolute Gasteiger partial charge is 0.387 e. The summed E-state index contributed by atoms with van der Waals surface area (Å²) in [7, 11) is 0. The Morgan fingerprint density at radius 1 is 1.17 bits per heavy atom. The summed E-state index contributed by atoms with van der Waals surface area (Å²) < 4.78 is 28.6. The van der Waals surface area contributed by atoms with Crippen LogP contribution >= 0.6 is 0 Å². The van der Waals surface area contributed by atoms with E-state index in [4.69, 9.17) is 0 Å². The lowest BCUT2D eigenvalue weighted by Gasteiger charge is -2.22. The molecule has 4 rings (SSSR count). The number of fused-ring (bicyclic) bond motifs is 2. The van der Waals surface area contributed by atoms with Gasteiger partial charge in [0.25, 0.3) is 5.91 Å². The molecule has 1 aliphatic heterocycles. The van der Waals surface area contributed by atoms with Crippen LogP contribution in [0.3, 0.4) is 0 Å². The van der Waals surface area contributed by atoms with Crippen molar-refractivity contribution in [2.75, 3.05) is 11.9 Å². The molecule has 150 valence electrons. The van der Waals surface area contributed by atoms with Crippen LogP contribution < -0.4 is 15.4 Å². The van der Waals surface area contributed by atoms with Crippen molar-refractivity contribution in [3.8, 4) is 5.75 Å². The lowest BCUT2D eigenvalue weighted by atomic mass is 9.92. The third kappa shape index (κ3) is 3.39. The van der Waals surface area contributed by atoms with E-state index in [2.05, 4.69) is 15.4 Å². The molecule has 1 atom stereocenters. The van der Waals surface area contributed by atoms with Gasteiger partial charge in [0.15, 0.2) is 0 Å². The normalized spacial score (nSPS) is 20.2. The molecule has 0 bridgehead atoms. The molecular weight excluding hydrogens is 384 g/mol. The number of hydrogen-bond acceptors (Lipinski definition) is 4. The van der Waals surface area contributed by atoms with E-state index >= 15 is 0 Å². The predicted octanol–water partition coefficient (Wildman–Crippen LogP) is 2.62. The molecule has 1 fully saturated rings. The molecule has 2 aliphatic rings. The molecule has 9 heteroatoms. The Bertz CT molecular complexity index is 980. The molecular formula is C20H17F2N3O4. The van der Waals surface area contributed by atoms with Crippen LogP contribution in [-0.4, -0.2) is 35.9 Å². The van der Waals surface area contributed by atoms with E-state index in [9.17, 15) is 23.2 Å². The molecule has 29 heavy (non-hydrogen) atoms. The van der Waals surface area contributed by atoms with Crippen molar-refractivity contribution in [1.82, 2.24) is 10.2 Å². The van der Waals surface area contributed by atoms with Gasteiger partial charge in [0.2, 0.25) is 5.91 Å². The number of rotatable bonds is 5. The lowest BCUT2D eigenvalue weighted by molar-refractivity contribution is -0.134. The summed E-state index contributed by atoms with van der Waals surface area (Å²) in [6.07, 6.45) is 1.11. The molecule has 1 spiro atoms. The van der Waals surface area contributed by atoms with Crippen LogP contribution in [0.25, 0.3) is 0 Å². The SMILES string of the molecule is O=C(CN1C(=O)NC2(CCc3ccccc32)C1=O)Nc1ccc(OC(F)F)cc1. The fourth-order valence-corrected chi connectivity index (χ4v) is 3.80. The van der Waals surface area contributed by atoms with Crippen molar-refractivity contribution in [1.29, 1.82) is 0 Å². The van der Waals surface area contributed by atoms with Crippen LogP contribution in [0.4, 0.5) is 19.3 Å². The second-order valence-corrected chi connectivity index (χ2v) is 6.83. The topological polar surface area (TPSA) is 87.7 Å². The second kappa shape index (κ2) is 7.16. The number of imide groups is 1. The largest absolute Gasteiger partial charge is 0.435 e. The molecule has 1 saturated heterocycles. The summed E-state index contributed by atoms with van der Waals surface area (Å²) in [6, 6.07) is 12.1. The van der Waals surface area contributed by atoms with E-state index in [1.54, 1.807) is 0 Å². The second-order valence-electron chi connectivity index (χ2n) is 6.83. The maximum Gasteiger partial charge on any atom is 0.387 e. The number of amides is 4. The van der Waals surface area contributed by atoms with Crippen LogP contribution in [0.1, 0.15) is 17.5 Å². The first-order valence-electron chi connectivity index (χ1n) is 8.96. The van der Waals surface area contributed by atoms with Crippen LogP contribution in [-0.2, 0) is 21.5 Å². The van der Waals surface area contributed by atoms with E-state index < -0.39 is 36.5 Å². The van der Waals surface area contributed by atoms with Crippen LogP contribution in [0.2, 0.25) is 0 Å². The molecule has 1 aliphatic carbocycles. The van der Waals surface area contributed by atoms with Crippen LogP contribution in [0.5, 0.6) is 5.75 Å². The van der Waals surface area contributed by atoms with Crippen molar-refractivity contribution < 1.29 is 27.9 Å². The molecule has 7 nitrogen and oxygen atoms in total. The van der Waals surface area contributed by atoms with Gasteiger partial charge in [-0.2, -0.15) is 8.78 Å². The highest BCUT2D eigenvalue weighted by atomic mass is 19.3. The summed E-state index contributed by atoms with van der Waals surface area (Å²) in [5, 5.41) is 5.28. The highest BCUT2D eigenvalue weighted by Crippen LogP contribution is 2.41. The Hall–Kier alpha value is -3.49. The summed E-state index contributed by atoms with van der Waals surface area (Å²) in [4.78, 5) is 38.7. The van der Waals surface area contributed by atoms with Gasteiger partial charge >= 0.3 is 12.6 Å². The Labute approximate surface area is 164 Å². The monoisotopic (exact) mass is 401 g/mol. The van der Waals surface area contributed by atoms with Crippen molar-refractivity contribution in [2.24, 2.45) is 0 Å². The third-order valence-corrected chi connectivity index (χ3v) is 5.09. The number of halogens is 2. The van der Waals surface area contributed by atoms with Gasteiger partial charge in [-0.25, -0.2) is 4.79 Å². The Morgan fingerprint density at radius 2 is 1.90 bits per heavy atom. The van der Waals surface area contributed by atoms with E-state index in [1.165, 1.54) is 24.3 Å². The lowest BCUT2D eigenvalue weighted by Crippen LogP contribution is -2.42. The zero-order chi connectivity index (χ0) is 20.6. The average Bonchev–Trinajstić information content (AvgIpc) is 3.17. The minimum absolute atomic E-state index is 0.0473. The summed E-state index contributed by atoms with van der Waals surface area (Å²) >= 11 is 0. The van der Waals surface area contributed by atoms with Gasteiger partial charge in [-0.3, -0.25) is 14.5 Å². The van der Waals surface area contributed by atoms with Crippen molar-refractivity contribution >= 4 is 23.5 Å². The molecule has 0 radical (unpaired) electrons. The minimum Gasteiger partial charge on any atom is -0.435 e. The summed E-state index contributed by atoms with van der Waals surface area (Å²) in [5.41, 5.74) is 0.960. The summed E-state index contributed by atoms with van der Waals surface area (Å²) in [5.74, 6) is -1.09. The molecule has 1 heterocycles. The maximum atomic E-state index is 13.0. The van der Waals surface area contributed by atoms with Gasteiger partial charge in [-0.1, -0.05) is 24.3 Å². The zero-order valence-electron chi connectivity index (χ0n) is 15.2. The quantitative estimate of drug-likeness (QED) is 0.754. The molecule has 1 unspecified atom stereocenters. The van der Waals surface area contributed by atoms with Gasteiger partial charge in [-0.05, 0) is 48.2 Å². The van der Waals surface area contributed by atoms with Gasteiger partial charge in [0.05, 0.1) is 0 Å². The van der Waals surface area contributed by atoms with E-state index in [1.807, 2.05) is 24.3 Å². The van der Waals surface area contributed by atoms with E-state index in [0.717, 1.165) is 16.0 Å². The number of carbonyl (C=O) groups excluding carboxylic acids is 3. The fraction of sp³-hybridized carbons (Fsp3) is 0.250. The fourth-order valence-electron chi connectivity index (χ4n) is 3.80. The number of anilines is 1. The van der Waals surface area contributed by atoms with Gasteiger partial charge in [0, 0.05) is 5.69 Å². The number of benzene rings is 2. The van der Waals surface area contributed by atoms with Gasteiger partial charge < -0.3 is 15.4 Å². The average molecular weight is 401 g/mol. The maximum absolute atomic E-state index is 13.0. The number of hydrogen-bond donors (Lipinski definition) is 2. The highest BCUT2D eigenvalue weighted by Gasteiger charge is 2.55. The van der Waals surface area contributed by atoms with Crippen LogP contribution in [0.15, 0.2) is 48.5 Å². The highest BCUT2D eigenvalue weighted by molar-refractivity contribution is 6.10.